The van der Waals surface area contributed by atoms with E-state index in [-0.39, 0.29) is 0 Å². The summed E-state index contributed by atoms with van der Waals surface area (Å²) in [5, 5.41) is 4.06. The van der Waals surface area contributed by atoms with Gasteiger partial charge in [-0.05, 0) is 34.5 Å². The lowest BCUT2D eigenvalue weighted by atomic mass is 9.87. The van der Waals surface area contributed by atoms with Crippen molar-refractivity contribution in [3.05, 3.63) is 40.2 Å². The number of pyridine rings is 1. The number of hydrogen-bond donors (Lipinski definition) is 0. The molecule has 5 heterocycles. The van der Waals surface area contributed by atoms with Gasteiger partial charge in [0.25, 0.3) is 0 Å². The first-order chi connectivity index (χ1) is 11.6. The summed E-state index contributed by atoms with van der Waals surface area (Å²) in [6.07, 6.45) is 3.14. The highest BCUT2D eigenvalue weighted by Crippen LogP contribution is 2.34. The molecule has 0 spiro atoms. The summed E-state index contributed by atoms with van der Waals surface area (Å²) >= 11 is 3.43. The van der Waals surface area contributed by atoms with Crippen molar-refractivity contribution in [2.24, 2.45) is 0 Å². The Labute approximate surface area is 150 Å². The molecule has 128 valence electrons. The van der Waals surface area contributed by atoms with Crippen LogP contribution in [0.2, 0.25) is 0 Å². The van der Waals surface area contributed by atoms with Crippen LogP contribution in [0.5, 0.6) is 0 Å². The molecule has 2 bridgehead atoms. The van der Waals surface area contributed by atoms with E-state index in [0.717, 1.165) is 48.1 Å². The number of nitrogens with zero attached hydrogens (tertiary/aromatic N) is 5. The lowest BCUT2D eigenvalue weighted by Crippen LogP contribution is -2.67. The minimum absolute atomic E-state index is 0.312. The summed E-state index contributed by atoms with van der Waals surface area (Å²) in [5.74, 6) is 1.86. The Balaban J connectivity index is 1.33. The maximum absolute atomic E-state index is 5.40. The highest BCUT2D eigenvalue weighted by molar-refractivity contribution is 9.10. The summed E-state index contributed by atoms with van der Waals surface area (Å²) in [6, 6.07) is 5.33. The fourth-order valence-corrected chi connectivity index (χ4v) is 3.85. The van der Waals surface area contributed by atoms with Crippen LogP contribution < -0.4 is 0 Å². The van der Waals surface area contributed by atoms with Crippen molar-refractivity contribution in [2.45, 2.75) is 51.4 Å². The van der Waals surface area contributed by atoms with Gasteiger partial charge in [-0.2, -0.15) is 4.98 Å². The second kappa shape index (κ2) is 6.54. The fraction of sp³-hybridized carbons (Fsp3) is 0.588. The summed E-state index contributed by atoms with van der Waals surface area (Å²) in [5.41, 5.74) is 1.13. The topological polar surface area (TPSA) is 58.3 Å². The standard InChI is InChI=1S/C17H22BrN5O/c1-11(2)17-20-16(24-21-17)10-23-14-5-15(23)9-22(8-14)7-13-4-3-12(18)6-19-13/h3-4,6,11,14-15H,5,7-10H2,1-2H3. The van der Waals surface area contributed by atoms with Crippen molar-refractivity contribution in [3.63, 3.8) is 0 Å². The zero-order valence-corrected chi connectivity index (χ0v) is 15.6. The zero-order chi connectivity index (χ0) is 16.7. The van der Waals surface area contributed by atoms with Gasteiger partial charge in [0, 0.05) is 48.3 Å². The molecule has 24 heavy (non-hydrogen) atoms. The van der Waals surface area contributed by atoms with Gasteiger partial charge in [-0.3, -0.25) is 14.8 Å². The number of fused-ring (bicyclic) bond motifs is 2. The van der Waals surface area contributed by atoms with Gasteiger partial charge < -0.3 is 4.52 Å². The Hall–Kier alpha value is -1.31. The van der Waals surface area contributed by atoms with E-state index in [1.54, 1.807) is 0 Å². The third-order valence-electron chi connectivity index (χ3n) is 4.91. The van der Waals surface area contributed by atoms with Crippen molar-refractivity contribution < 1.29 is 4.52 Å². The molecule has 5 rings (SSSR count). The van der Waals surface area contributed by atoms with Gasteiger partial charge in [-0.25, -0.2) is 0 Å². The Morgan fingerprint density at radius 1 is 1.25 bits per heavy atom. The van der Waals surface area contributed by atoms with Crippen LogP contribution in [0.1, 0.15) is 43.6 Å². The second-order valence-corrected chi connectivity index (χ2v) is 7.99. The molecule has 6 nitrogen and oxygen atoms in total. The largest absolute Gasteiger partial charge is 0.338 e. The van der Waals surface area contributed by atoms with Crippen molar-refractivity contribution in [1.82, 2.24) is 24.9 Å². The number of piperazine rings is 1. The van der Waals surface area contributed by atoms with E-state index in [2.05, 4.69) is 66.8 Å². The molecule has 3 fully saturated rings. The third-order valence-corrected chi connectivity index (χ3v) is 5.38. The molecule has 2 unspecified atom stereocenters. The minimum atomic E-state index is 0.312. The molecule has 2 aromatic heterocycles. The van der Waals surface area contributed by atoms with Crippen molar-refractivity contribution in [2.75, 3.05) is 13.1 Å². The molecule has 2 atom stereocenters. The van der Waals surface area contributed by atoms with Crippen LogP contribution in [0.3, 0.4) is 0 Å². The SMILES string of the molecule is CC(C)c1noc(CN2C3CC2CN(Cc2ccc(Br)cn2)C3)n1. The van der Waals surface area contributed by atoms with Gasteiger partial charge >= 0.3 is 0 Å². The van der Waals surface area contributed by atoms with Crippen LogP contribution in [-0.2, 0) is 13.1 Å². The van der Waals surface area contributed by atoms with Crippen LogP contribution in [0.4, 0.5) is 0 Å². The van der Waals surface area contributed by atoms with Crippen LogP contribution in [0, 0.1) is 0 Å². The van der Waals surface area contributed by atoms with E-state index in [4.69, 9.17) is 4.52 Å². The average Bonchev–Trinajstić information content (AvgIpc) is 3.04. The maximum Gasteiger partial charge on any atom is 0.240 e. The highest BCUT2D eigenvalue weighted by Gasteiger charge is 2.44. The fourth-order valence-electron chi connectivity index (χ4n) is 3.61. The van der Waals surface area contributed by atoms with E-state index in [1.807, 2.05) is 6.20 Å². The number of halogens is 1. The smallest absolute Gasteiger partial charge is 0.240 e. The highest BCUT2D eigenvalue weighted by atomic mass is 79.9. The normalized spacial score (nSPS) is 24.3. The van der Waals surface area contributed by atoms with Crippen molar-refractivity contribution >= 4 is 15.9 Å². The molecule has 2 aromatic rings. The molecule has 0 aliphatic carbocycles. The Morgan fingerprint density at radius 3 is 2.67 bits per heavy atom. The van der Waals surface area contributed by atoms with E-state index in [9.17, 15) is 0 Å². The number of hydrogen-bond acceptors (Lipinski definition) is 6. The van der Waals surface area contributed by atoms with Gasteiger partial charge in [-0.15, -0.1) is 0 Å². The van der Waals surface area contributed by atoms with Crippen molar-refractivity contribution in [1.29, 1.82) is 0 Å². The van der Waals surface area contributed by atoms with Gasteiger partial charge in [-0.1, -0.05) is 19.0 Å². The molecule has 7 heteroatoms. The predicted molar refractivity (Wildman–Crippen MR) is 93.3 cm³/mol. The number of piperidine rings is 1. The molecule has 0 amide bonds. The van der Waals surface area contributed by atoms with Crippen molar-refractivity contribution in [3.8, 4) is 0 Å². The molecular formula is C17H22BrN5O. The predicted octanol–water partition coefficient (Wildman–Crippen LogP) is 2.81. The van der Waals surface area contributed by atoms with Crippen LogP contribution >= 0.6 is 15.9 Å². The van der Waals surface area contributed by atoms with E-state index < -0.39 is 0 Å². The second-order valence-electron chi connectivity index (χ2n) is 7.08. The van der Waals surface area contributed by atoms with Gasteiger partial charge in [0.1, 0.15) is 0 Å². The zero-order valence-electron chi connectivity index (χ0n) is 14.0. The van der Waals surface area contributed by atoms with E-state index in [0.29, 0.717) is 18.0 Å². The Morgan fingerprint density at radius 2 is 2.04 bits per heavy atom. The molecule has 3 aliphatic heterocycles. The Kier molecular flexibility index (Phi) is 4.40. The summed E-state index contributed by atoms with van der Waals surface area (Å²) in [6.45, 7) is 8.03. The van der Waals surface area contributed by atoms with E-state index >= 15 is 0 Å². The van der Waals surface area contributed by atoms with Crippen LogP contribution in [-0.4, -0.2) is 50.1 Å². The first-order valence-corrected chi connectivity index (χ1v) is 9.29. The molecule has 0 saturated carbocycles. The quantitative estimate of drug-likeness (QED) is 0.780. The summed E-state index contributed by atoms with van der Waals surface area (Å²) in [7, 11) is 0. The first-order valence-electron chi connectivity index (χ1n) is 8.49. The molecule has 0 N–H and O–H groups in total. The minimum Gasteiger partial charge on any atom is -0.338 e. The number of aromatic nitrogens is 3. The number of rotatable bonds is 5. The molecule has 0 radical (unpaired) electrons. The van der Waals surface area contributed by atoms with E-state index in [1.165, 1.54) is 6.42 Å². The molecule has 0 aromatic carbocycles. The van der Waals surface area contributed by atoms with Gasteiger partial charge in [0.15, 0.2) is 5.82 Å². The molecule has 3 saturated heterocycles. The first kappa shape index (κ1) is 16.2. The summed E-state index contributed by atoms with van der Waals surface area (Å²) < 4.78 is 6.43. The monoisotopic (exact) mass is 391 g/mol. The maximum atomic E-state index is 5.40. The molecule has 3 aliphatic rings. The molecular weight excluding hydrogens is 370 g/mol. The third kappa shape index (κ3) is 3.25. The van der Waals surface area contributed by atoms with Crippen LogP contribution in [0.15, 0.2) is 27.3 Å². The van der Waals surface area contributed by atoms with Gasteiger partial charge in [0.05, 0.1) is 12.2 Å². The van der Waals surface area contributed by atoms with Gasteiger partial charge in [0.2, 0.25) is 5.89 Å². The summed E-state index contributed by atoms with van der Waals surface area (Å²) in [4.78, 5) is 14.0. The lowest BCUT2D eigenvalue weighted by Gasteiger charge is -2.56. The Bertz CT molecular complexity index is 689. The van der Waals surface area contributed by atoms with Crippen LogP contribution in [0.25, 0.3) is 0 Å². The lowest BCUT2D eigenvalue weighted by molar-refractivity contribution is -0.0821. The average molecular weight is 392 g/mol.